The molecule has 0 fully saturated rings. The number of ether oxygens (including phenoxy) is 1. The van der Waals surface area contributed by atoms with Gasteiger partial charge in [0.1, 0.15) is 17.3 Å². The van der Waals surface area contributed by atoms with E-state index in [0.717, 1.165) is 34.4 Å². The van der Waals surface area contributed by atoms with Crippen molar-refractivity contribution in [2.45, 2.75) is 19.9 Å². The van der Waals surface area contributed by atoms with E-state index in [9.17, 15) is 0 Å². The Bertz CT molecular complexity index is 1010. The van der Waals surface area contributed by atoms with Crippen LogP contribution in [0, 0.1) is 6.92 Å². The number of aryl methyl sites for hydroxylation is 1. The molecule has 1 N–H and O–H groups in total. The SMILES string of the molecule is Cc1nnc2ccc(NC(C)c3ccc(Oc4ccccc4)cc3)nn12. The average molecular weight is 345 g/mol. The highest BCUT2D eigenvalue weighted by Gasteiger charge is 2.09. The molecule has 0 aliphatic rings. The van der Waals surface area contributed by atoms with Gasteiger partial charge in [0.25, 0.3) is 0 Å². The molecule has 0 spiro atoms. The summed E-state index contributed by atoms with van der Waals surface area (Å²) in [6, 6.07) is 21.7. The number of hydrogen-bond acceptors (Lipinski definition) is 5. The normalized spacial score (nSPS) is 12.1. The second-order valence-electron chi connectivity index (χ2n) is 6.09. The summed E-state index contributed by atoms with van der Waals surface area (Å²) in [6.07, 6.45) is 0. The molecule has 2 aromatic heterocycles. The van der Waals surface area contributed by atoms with Crippen LogP contribution in [0.5, 0.6) is 11.5 Å². The molecule has 2 heterocycles. The third-order valence-electron chi connectivity index (χ3n) is 4.14. The monoisotopic (exact) mass is 345 g/mol. The Labute approximate surface area is 151 Å². The first kappa shape index (κ1) is 16.1. The van der Waals surface area contributed by atoms with E-state index in [-0.39, 0.29) is 6.04 Å². The van der Waals surface area contributed by atoms with Gasteiger partial charge in [-0.3, -0.25) is 0 Å². The van der Waals surface area contributed by atoms with Crippen LogP contribution in [0.1, 0.15) is 24.4 Å². The zero-order valence-corrected chi connectivity index (χ0v) is 14.6. The molecule has 1 atom stereocenters. The molecule has 6 nitrogen and oxygen atoms in total. The van der Waals surface area contributed by atoms with Crippen molar-refractivity contribution in [3.8, 4) is 11.5 Å². The quantitative estimate of drug-likeness (QED) is 0.581. The van der Waals surface area contributed by atoms with Gasteiger partial charge in [-0.1, -0.05) is 30.3 Å². The van der Waals surface area contributed by atoms with Crippen molar-refractivity contribution < 1.29 is 4.74 Å². The number of para-hydroxylation sites is 1. The molecule has 0 radical (unpaired) electrons. The Balaban J connectivity index is 1.47. The van der Waals surface area contributed by atoms with Gasteiger partial charge in [-0.05, 0) is 55.8 Å². The topological polar surface area (TPSA) is 64.3 Å². The first-order chi connectivity index (χ1) is 12.7. The first-order valence-corrected chi connectivity index (χ1v) is 8.47. The van der Waals surface area contributed by atoms with E-state index in [1.165, 1.54) is 0 Å². The molecule has 4 aromatic rings. The van der Waals surface area contributed by atoms with Gasteiger partial charge in [0.2, 0.25) is 0 Å². The molecule has 0 saturated carbocycles. The van der Waals surface area contributed by atoms with Crippen molar-refractivity contribution in [3.05, 3.63) is 78.1 Å². The van der Waals surface area contributed by atoms with Gasteiger partial charge in [-0.15, -0.1) is 15.3 Å². The standard InChI is InChI=1S/C20H19N5O/c1-14(21-19-12-13-20-23-22-15(2)25(20)24-19)16-8-10-18(11-9-16)26-17-6-4-3-5-7-17/h3-14H,1-2H3,(H,21,24). The summed E-state index contributed by atoms with van der Waals surface area (Å²) in [7, 11) is 0. The molecule has 130 valence electrons. The third-order valence-corrected chi connectivity index (χ3v) is 4.14. The minimum atomic E-state index is 0.0995. The lowest BCUT2D eigenvalue weighted by Gasteiger charge is -2.15. The number of nitrogens with zero attached hydrogens (tertiary/aromatic N) is 4. The van der Waals surface area contributed by atoms with Crippen molar-refractivity contribution in [2.24, 2.45) is 0 Å². The van der Waals surface area contributed by atoms with E-state index in [1.54, 1.807) is 4.52 Å². The Hall–Kier alpha value is -3.41. The van der Waals surface area contributed by atoms with Gasteiger partial charge in [0, 0.05) is 0 Å². The second-order valence-corrected chi connectivity index (χ2v) is 6.09. The molecule has 26 heavy (non-hydrogen) atoms. The van der Waals surface area contributed by atoms with Gasteiger partial charge in [0.05, 0.1) is 6.04 Å². The van der Waals surface area contributed by atoms with E-state index in [4.69, 9.17) is 4.74 Å². The molecule has 0 amide bonds. The average Bonchev–Trinajstić information content (AvgIpc) is 3.04. The summed E-state index contributed by atoms with van der Waals surface area (Å²) < 4.78 is 7.56. The summed E-state index contributed by atoms with van der Waals surface area (Å²) in [5.74, 6) is 3.18. The molecule has 4 rings (SSSR count). The number of hydrogen-bond donors (Lipinski definition) is 1. The summed E-state index contributed by atoms with van der Waals surface area (Å²) in [5, 5.41) is 16.0. The van der Waals surface area contributed by atoms with Crippen molar-refractivity contribution in [1.29, 1.82) is 0 Å². The molecule has 0 aliphatic carbocycles. The van der Waals surface area contributed by atoms with Crippen molar-refractivity contribution >= 4 is 11.5 Å². The number of nitrogens with one attached hydrogen (secondary N) is 1. The van der Waals surface area contributed by atoms with E-state index >= 15 is 0 Å². The lowest BCUT2D eigenvalue weighted by molar-refractivity contribution is 0.482. The van der Waals surface area contributed by atoms with E-state index in [2.05, 4.69) is 39.7 Å². The van der Waals surface area contributed by atoms with Gasteiger partial charge in [0.15, 0.2) is 11.5 Å². The predicted octanol–water partition coefficient (Wildman–Crippen LogP) is 4.40. The maximum atomic E-state index is 5.83. The van der Waals surface area contributed by atoms with Crippen LogP contribution in [-0.2, 0) is 0 Å². The summed E-state index contributed by atoms with van der Waals surface area (Å²) in [5.41, 5.74) is 1.89. The highest BCUT2D eigenvalue weighted by molar-refractivity contribution is 5.45. The van der Waals surface area contributed by atoms with Crippen LogP contribution in [0.2, 0.25) is 0 Å². The zero-order valence-electron chi connectivity index (χ0n) is 14.6. The van der Waals surface area contributed by atoms with E-state index in [0.29, 0.717) is 0 Å². The smallest absolute Gasteiger partial charge is 0.178 e. The number of fused-ring (bicyclic) bond motifs is 1. The molecular formula is C20H19N5O. The Morgan fingerprint density at radius 1 is 0.885 bits per heavy atom. The predicted molar refractivity (Wildman–Crippen MR) is 101 cm³/mol. The largest absolute Gasteiger partial charge is 0.457 e. The van der Waals surface area contributed by atoms with Crippen LogP contribution >= 0.6 is 0 Å². The lowest BCUT2D eigenvalue weighted by atomic mass is 10.1. The molecular weight excluding hydrogens is 326 g/mol. The van der Waals surface area contributed by atoms with E-state index < -0.39 is 0 Å². The highest BCUT2D eigenvalue weighted by atomic mass is 16.5. The maximum absolute atomic E-state index is 5.83. The zero-order chi connectivity index (χ0) is 17.9. The summed E-state index contributed by atoms with van der Waals surface area (Å²) in [4.78, 5) is 0. The highest BCUT2D eigenvalue weighted by Crippen LogP contribution is 2.24. The van der Waals surface area contributed by atoms with Gasteiger partial charge >= 0.3 is 0 Å². The van der Waals surface area contributed by atoms with Crippen LogP contribution in [0.15, 0.2) is 66.7 Å². The first-order valence-electron chi connectivity index (χ1n) is 8.47. The maximum Gasteiger partial charge on any atom is 0.178 e. The van der Waals surface area contributed by atoms with Crippen LogP contribution in [0.4, 0.5) is 5.82 Å². The van der Waals surface area contributed by atoms with Crippen molar-refractivity contribution in [3.63, 3.8) is 0 Å². The van der Waals surface area contributed by atoms with Crippen LogP contribution < -0.4 is 10.1 Å². The van der Waals surface area contributed by atoms with E-state index in [1.807, 2.05) is 61.5 Å². The molecule has 0 aliphatic heterocycles. The second kappa shape index (κ2) is 6.84. The minimum absolute atomic E-state index is 0.0995. The Morgan fingerprint density at radius 2 is 1.62 bits per heavy atom. The van der Waals surface area contributed by atoms with Crippen LogP contribution in [0.25, 0.3) is 5.65 Å². The number of rotatable bonds is 5. The molecule has 1 unspecified atom stereocenters. The fourth-order valence-electron chi connectivity index (χ4n) is 2.73. The number of anilines is 1. The van der Waals surface area contributed by atoms with Crippen molar-refractivity contribution in [2.75, 3.05) is 5.32 Å². The summed E-state index contributed by atoms with van der Waals surface area (Å²) in [6.45, 7) is 3.98. The lowest BCUT2D eigenvalue weighted by Crippen LogP contribution is -2.09. The van der Waals surface area contributed by atoms with Crippen LogP contribution in [0.3, 0.4) is 0 Å². The Morgan fingerprint density at radius 3 is 2.38 bits per heavy atom. The number of benzene rings is 2. The fraction of sp³-hybridized carbons (Fsp3) is 0.150. The van der Waals surface area contributed by atoms with Crippen molar-refractivity contribution in [1.82, 2.24) is 19.8 Å². The summed E-state index contributed by atoms with van der Waals surface area (Å²) >= 11 is 0. The number of aromatic nitrogens is 4. The molecule has 0 bridgehead atoms. The minimum Gasteiger partial charge on any atom is -0.457 e. The van der Waals surface area contributed by atoms with Crippen LogP contribution in [-0.4, -0.2) is 19.8 Å². The molecule has 2 aromatic carbocycles. The third kappa shape index (κ3) is 3.35. The van der Waals surface area contributed by atoms with Gasteiger partial charge < -0.3 is 10.1 Å². The van der Waals surface area contributed by atoms with Gasteiger partial charge in [-0.2, -0.15) is 4.52 Å². The molecule has 6 heteroatoms. The van der Waals surface area contributed by atoms with Gasteiger partial charge in [-0.25, -0.2) is 0 Å². The Kier molecular flexibility index (Phi) is 4.23. The fourth-order valence-corrected chi connectivity index (χ4v) is 2.73. The molecule has 0 saturated heterocycles.